The van der Waals surface area contributed by atoms with E-state index in [1.54, 1.807) is 0 Å². The van der Waals surface area contributed by atoms with Crippen molar-refractivity contribution in [1.82, 2.24) is 10.6 Å². The van der Waals surface area contributed by atoms with Crippen LogP contribution < -0.4 is 10.6 Å². The van der Waals surface area contributed by atoms with Crippen LogP contribution in [-0.2, 0) is 0 Å². The van der Waals surface area contributed by atoms with Crippen LogP contribution in [0.5, 0.6) is 0 Å². The molecule has 268 valence electrons. The lowest BCUT2D eigenvalue weighted by Gasteiger charge is -2.56. The van der Waals surface area contributed by atoms with Gasteiger partial charge in [-0.15, -0.1) is 0 Å². The monoisotopic (exact) mass is 674 g/mol. The summed E-state index contributed by atoms with van der Waals surface area (Å²) >= 11 is 0. The number of carbonyl (C=O) groups is 2. The van der Waals surface area contributed by atoms with Gasteiger partial charge in [0.05, 0.1) is 0 Å². The normalized spacial score (nSPS) is 37.2. The van der Waals surface area contributed by atoms with Crippen molar-refractivity contribution in [2.45, 2.75) is 158 Å². The van der Waals surface area contributed by atoms with E-state index < -0.39 is 0 Å². The summed E-state index contributed by atoms with van der Waals surface area (Å²) in [6.45, 7) is 0. The fourth-order valence-corrected chi connectivity index (χ4v) is 13.9. The summed E-state index contributed by atoms with van der Waals surface area (Å²) in [6, 6.07) is 17.5. The predicted molar refractivity (Wildman–Crippen MR) is 201 cm³/mol. The molecule has 2 amide bonds. The fourth-order valence-electron chi connectivity index (χ4n) is 13.9. The number of benzene rings is 2. The number of hydrogen-bond acceptors (Lipinski definition) is 2. The smallest absolute Gasteiger partial charge is 0.251 e. The van der Waals surface area contributed by atoms with Gasteiger partial charge in [0.25, 0.3) is 11.8 Å². The molecule has 0 atom stereocenters. The Kier molecular flexibility index (Phi) is 9.13. The zero-order chi connectivity index (χ0) is 33.7. The molecule has 0 unspecified atom stereocenters. The molecule has 11 rings (SSSR count). The predicted octanol–water partition coefficient (Wildman–Crippen LogP) is 10.7. The summed E-state index contributed by atoms with van der Waals surface area (Å²) < 4.78 is 0. The van der Waals surface area contributed by atoms with Crippen molar-refractivity contribution in [2.24, 2.45) is 41.4 Å². The Labute approximate surface area is 301 Å². The first kappa shape index (κ1) is 33.2. The molecule has 8 bridgehead atoms. The van der Waals surface area contributed by atoms with Gasteiger partial charge >= 0.3 is 0 Å². The van der Waals surface area contributed by atoms with Gasteiger partial charge in [0, 0.05) is 28.1 Å². The lowest BCUT2D eigenvalue weighted by Crippen LogP contribution is -2.59. The molecule has 0 aromatic heterocycles. The molecule has 0 heterocycles. The molecule has 2 aromatic carbocycles. The standard InChI is InChI=1S/C46H62N2O2/c49-43(47-45-25-31-19-32(26-45)21-33(20-31)27-45)40-15-11-38(12-16-40)42(37-9-7-5-3-1-2-4-6-8-10-37)39-13-17-41(18-14-39)44(50)48-46-28-34-22-35(29-46)24-36(23-34)30-46/h11-18,31-37,42H,1-10,19-30H2,(H,47,49)(H,48,50). The van der Waals surface area contributed by atoms with E-state index in [0.29, 0.717) is 5.92 Å². The highest BCUT2D eigenvalue weighted by Crippen LogP contribution is 2.57. The zero-order valence-corrected chi connectivity index (χ0v) is 30.6. The minimum atomic E-state index is 0.0333. The van der Waals surface area contributed by atoms with Crippen molar-refractivity contribution in [2.75, 3.05) is 0 Å². The third kappa shape index (κ3) is 6.83. The molecule has 0 aliphatic heterocycles. The second kappa shape index (κ2) is 13.7. The van der Waals surface area contributed by atoms with Crippen LogP contribution in [0.15, 0.2) is 48.5 Å². The van der Waals surface area contributed by atoms with E-state index in [1.165, 1.54) is 152 Å². The molecule has 9 aliphatic carbocycles. The number of amides is 2. The van der Waals surface area contributed by atoms with Gasteiger partial charge < -0.3 is 10.6 Å². The van der Waals surface area contributed by atoms with Crippen LogP contribution in [-0.4, -0.2) is 22.9 Å². The molecular weight excluding hydrogens is 613 g/mol. The molecule has 9 saturated carbocycles. The minimum absolute atomic E-state index is 0.0333. The summed E-state index contributed by atoms with van der Waals surface area (Å²) in [5, 5.41) is 7.21. The zero-order valence-electron chi connectivity index (χ0n) is 30.6. The van der Waals surface area contributed by atoms with Gasteiger partial charge in [-0.25, -0.2) is 0 Å². The van der Waals surface area contributed by atoms with Crippen LogP contribution in [0.1, 0.15) is 179 Å². The number of carbonyl (C=O) groups excluding carboxylic acids is 2. The van der Waals surface area contributed by atoms with Crippen LogP contribution >= 0.6 is 0 Å². The topological polar surface area (TPSA) is 58.2 Å². The van der Waals surface area contributed by atoms with Gasteiger partial charge in [0.15, 0.2) is 0 Å². The van der Waals surface area contributed by atoms with Crippen molar-refractivity contribution in [3.05, 3.63) is 70.8 Å². The van der Waals surface area contributed by atoms with Gasteiger partial charge in [-0.1, -0.05) is 75.6 Å². The quantitative estimate of drug-likeness (QED) is 0.307. The van der Waals surface area contributed by atoms with E-state index >= 15 is 0 Å². The first-order valence-corrected chi connectivity index (χ1v) is 21.2. The van der Waals surface area contributed by atoms with Crippen molar-refractivity contribution < 1.29 is 9.59 Å². The molecule has 50 heavy (non-hydrogen) atoms. The molecule has 2 aromatic rings. The maximum Gasteiger partial charge on any atom is 0.251 e. The maximum atomic E-state index is 13.8. The largest absolute Gasteiger partial charge is 0.347 e. The van der Waals surface area contributed by atoms with E-state index in [4.69, 9.17) is 0 Å². The second-order valence-corrected chi connectivity index (χ2v) is 19.2. The van der Waals surface area contributed by atoms with Gasteiger partial charge in [-0.2, -0.15) is 0 Å². The Morgan fingerprint density at radius 2 is 0.760 bits per heavy atom. The summed E-state index contributed by atoms with van der Waals surface area (Å²) in [7, 11) is 0. The number of rotatable bonds is 7. The molecule has 2 N–H and O–H groups in total. The van der Waals surface area contributed by atoms with E-state index in [-0.39, 0.29) is 28.8 Å². The van der Waals surface area contributed by atoms with E-state index in [0.717, 1.165) is 46.6 Å². The highest BCUT2D eigenvalue weighted by atomic mass is 16.2. The molecule has 0 saturated heterocycles. The summed E-state index contributed by atoms with van der Waals surface area (Å²) in [5.74, 6) is 6.01. The molecular formula is C46H62N2O2. The van der Waals surface area contributed by atoms with Crippen molar-refractivity contribution >= 4 is 11.8 Å². The Morgan fingerprint density at radius 1 is 0.460 bits per heavy atom. The fraction of sp³-hybridized carbons (Fsp3) is 0.696. The third-order valence-corrected chi connectivity index (χ3v) is 15.3. The highest BCUT2D eigenvalue weighted by molar-refractivity contribution is 5.95. The van der Waals surface area contributed by atoms with Crippen LogP contribution in [0.3, 0.4) is 0 Å². The van der Waals surface area contributed by atoms with Crippen LogP contribution in [0, 0.1) is 41.4 Å². The third-order valence-electron chi connectivity index (χ3n) is 15.3. The Hall–Kier alpha value is -2.62. The van der Waals surface area contributed by atoms with Crippen LogP contribution in [0.25, 0.3) is 0 Å². The van der Waals surface area contributed by atoms with Crippen LogP contribution in [0.4, 0.5) is 0 Å². The van der Waals surface area contributed by atoms with Gasteiger partial charge in [-0.3, -0.25) is 9.59 Å². The summed E-state index contributed by atoms with van der Waals surface area (Å²) in [6.07, 6.45) is 28.6. The molecule has 0 spiro atoms. The molecule has 4 nitrogen and oxygen atoms in total. The molecule has 9 fully saturated rings. The minimum Gasteiger partial charge on any atom is -0.347 e. The number of nitrogens with one attached hydrogen (secondary N) is 2. The first-order valence-electron chi connectivity index (χ1n) is 21.2. The summed E-state index contributed by atoms with van der Waals surface area (Å²) in [4.78, 5) is 27.5. The molecule has 4 heteroatoms. The SMILES string of the molecule is O=C(NC12CC3CC(CC(C3)C1)C2)c1ccc(C(c2ccc(C(=O)NC34CC5CC(CC(C5)C3)C4)cc2)C2CCCCCCCCCC2)cc1. The lowest BCUT2D eigenvalue weighted by molar-refractivity contribution is -0.0171. The molecule has 0 radical (unpaired) electrons. The van der Waals surface area contributed by atoms with Gasteiger partial charge in [-0.05, 0) is 167 Å². The average molecular weight is 675 g/mol. The van der Waals surface area contributed by atoms with Crippen molar-refractivity contribution in [3.63, 3.8) is 0 Å². The van der Waals surface area contributed by atoms with Gasteiger partial charge in [0.1, 0.15) is 0 Å². The Balaban J connectivity index is 0.941. The van der Waals surface area contributed by atoms with Crippen LogP contribution in [0.2, 0.25) is 0 Å². The Bertz CT molecular complexity index is 1340. The van der Waals surface area contributed by atoms with E-state index in [2.05, 4.69) is 59.2 Å². The first-order chi connectivity index (χ1) is 24.4. The lowest BCUT2D eigenvalue weighted by atomic mass is 9.53. The number of hydrogen-bond donors (Lipinski definition) is 2. The maximum absolute atomic E-state index is 13.8. The van der Waals surface area contributed by atoms with E-state index in [1.807, 2.05) is 0 Å². The Morgan fingerprint density at radius 3 is 1.08 bits per heavy atom. The highest BCUT2D eigenvalue weighted by Gasteiger charge is 2.52. The molecule has 9 aliphatic rings. The summed E-state index contributed by atoms with van der Waals surface area (Å²) in [5.41, 5.74) is 4.32. The van der Waals surface area contributed by atoms with Gasteiger partial charge in [0.2, 0.25) is 0 Å². The van der Waals surface area contributed by atoms with Crippen molar-refractivity contribution in [3.8, 4) is 0 Å². The van der Waals surface area contributed by atoms with E-state index in [9.17, 15) is 9.59 Å². The second-order valence-electron chi connectivity index (χ2n) is 19.2. The van der Waals surface area contributed by atoms with Crippen molar-refractivity contribution in [1.29, 1.82) is 0 Å². The average Bonchev–Trinajstić information content (AvgIpc) is 3.14.